The summed E-state index contributed by atoms with van der Waals surface area (Å²) in [5.41, 5.74) is 5.40. The molecule has 0 aliphatic carbocycles. The van der Waals surface area contributed by atoms with Crippen LogP contribution >= 0.6 is 0 Å². The molecule has 1 aliphatic rings. The molecule has 0 spiro atoms. The van der Waals surface area contributed by atoms with Gasteiger partial charge in [-0.05, 0) is 20.8 Å². The van der Waals surface area contributed by atoms with Crippen LogP contribution in [0, 0.1) is 5.92 Å². The molecule has 5 heteroatoms. The van der Waals surface area contributed by atoms with E-state index in [-0.39, 0.29) is 5.60 Å². The number of hydrogen-bond donors (Lipinski definition) is 2. The molecule has 2 unspecified atom stereocenters. The highest BCUT2D eigenvalue weighted by Crippen LogP contribution is 2.05. The average Bonchev–Trinajstić information content (AvgIpc) is 2.52. The van der Waals surface area contributed by atoms with Gasteiger partial charge in [0.15, 0.2) is 0 Å². The van der Waals surface area contributed by atoms with Crippen LogP contribution in [0.3, 0.4) is 0 Å². The summed E-state index contributed by atoms with van der Waals surface area (Å²) in [7, 11) is 1.71. The Bertz CT molecular complexity index is 192. The zero-order valence-corrected chi connectivity index (χ0v) is 10.7. The number of nitrogens with two attached hydrogens (primary N) is 1. The number of carbonyl (C=O) groups excluding carboxylic acids is 1. The van der Waals surface area contributed by atoms with Crippen molar-refractivity contribution in [3.63, 3.8) is 0 Å². The van der Waals surface area contributed by atoms with E-state index in [1.165, 1.54) is 0 Å². The maximum Gasteiger partial charge on any atom is 0.293 e. The van der Waals surface area contributed by atoms with Crippen LogP contribution in [0.15, 0.2) is 0 Å². The molecular weight excluding hydrogens is 208 g/mol. The second-order valence-electron chi connectivity index (χ2n) is 4.86. The molecule has 1 heterocycles. The van der Waals surface area contributed by atoms with E-state index in [1.807, 2.05) is 20.8 Å². The Kier molecular flexibility index (Phi) is 7.29. The quantitative estimate of drug-likeness (QED) is 0.677. The van der Waals surface area contributed by atoms with Crippen LogP contribution in [0.2, 0.25) is 0 Å². The molecule has 1 aliphatic heterocycles. The predicted molar refractivity (Wildman–Crippen MR) is 63.1 cm³/mol. The van der Waals surface area contributed by atoms with E-state index < -0.39 is 0 Å². The SMILES string of the molecule is CC(C)(C)OC=O.COCC1CNCC1N. The number of ether oxygens (including phenoxy) is 2. The van der Waals surface area contributed by atoms with Crippen molar-refractivity contribution in [2.45, 2.75) is 32.4 Å². The first-order valence-corrected chi connectivity index (χ1v) is 5.47. The van der Waals surface area contributed by atoms with Gasteiger partial charge in [-0.25, -0.2) is 0 Å². The Morgan fingerprint density at radius 2 is 2.06 bits per heavy atom. The summed E-state index contributed by atoms with van der Waals surface area (Å²) in [5.74, 6) is 0.523. The summed E-state index contributed by atoms with van der Waals surface area (Å²) in [6, 6.07) is 0.296. The summed E-state index contributed by atoms with van der Waals surface area (Å²) in [6.07, 6.45) is 0. The Morgan fingerprint density at radius 1 is 1.44 bits per heavy atom. The van der Waals surface area contributed by atoms with Gasteiger partial charge in [0.1, 0.15) is 5.60 Å². The van der Waals surface area contributed by atoms with Crippen molar-refractivity contribution in [2.75, 3.05) is 26.8 Å². The van der Waals surface area contributed by atoms with Crippen molar-refractivity contribution in [1.82, 2.24) is 5.32 Å². The molecule has 0 aromatic heterocycles. The van der Waals surface area contributed by atoms with Gasteiger partial charge in [0, 0.05) is 32.2 Å². The maximum absolute atomic E-state index is 9.60. The number of hydrogen-bond acceptors (Lipinski definition) is 5. The first-order chi connectivity index (χ1) is 7.40. The van der Waals surface area contributed by atoms with E-state index in [1.54, 1.807) is 7.11 Å². The molecule has 3 N–H and O–H groups in total. The van der Waals surface area contributed by atoms with Crippen LogP contribution in [0.25, 0.3) is 0 Å². The lowest BCUT2D eigenvalue weighted by Crippen LogP contribution is -2.31. The topological polar surface area (TPSA) is 73.6 Å². The molecule has 96 valence electrons. The Hall–Kier alpha value is -0.650. The van der Waals surface area contributed by atoms with Gasteiger partial charge in [-0.1, -0.05) is 0 Å². The highest BCUT2D eigenvalue weighted by molar-refractivity contribution is 5.37. The lowest BCUT2D eigenvalue weighted by molar-refractivity contribution is -0.138. The van der Waals surface area contributed by atoms with Gasteiger partial charge < -0.3 is 20.5 Å². The standard InChI is InChI=1S/C6H14N2O.C5H10O2/c1-9-4-5-2-8-3-6(5)7;1-5(2,3)7-4-6/h5-6,8H,2-4,7H2,1H3;4H,1-3H3. The predicted octanol–water partition coefficient (Wildman–Crippen LogP) is 0.137. The summed E-state index contributed by atoms with van der Waals surface area (Å²) in [4.78, 5) is 9.60. The van der Waals surface area contributed by atoms with Crippen molar-refractivity contribution in [3.8, 4) is 0 Å². The van der Waals surface area contributed by atoms with Crippen LogP contribution in [0.1, 0.15) is 20.8 Å². The van der Waals surface area contributed by atoms with Crippen molar-refractivity contribution >= 4 is 6.47 Å². The Balaban J connectivity index is 0.000000293. The summed E-state index contributed by atoms with van der Waals surface area (Å²) in [6.45, 7) is 8.65. The maximum atomic E-state index is 9.60. The lowest BCUT2D eigenvalue weighted by Gasteiger charge is -2.14. The Morgan fingerprint density at radius 3 is 2.31 bits per heavy atom. The molecule has 16 heavy (non-hydrogen) atoms. The Labute approximate surface area is 97.7 Å². The van der Waals surface area contributed by atoms with Gasteiger partial charge in [0.2, 0.25) is 0 Å². The van der Waals surface area contributed by atoms with Crippen LogP contribution in [0.5, 0.6) is 0 Å². The van der Waals surface area contributed by atoms with E-state index in [4.69, 9.17) is 10.5 Å². The highest BCUT2D eigenvalue weighted by atomic mass is 16.5. The largest absolute Gasteiger partial charge is 0.462 e. The highest BCUT2D eigenvalue weighted by Gasteiger charge is 2.22. The van der Waals surface area contributed by atoms with E-state index >= 15 is 0 Å². The average molecular weight is 232 g/mol. The zero-order valence-electron chi connectivity index (χ0n) is 10.7. The molecule has 1 rings (SSSR count). The van der Waals surface area contributed by atoms with E-state index in [0.29, 0.717) is 18.4 Å². The third-order valence-corrected chi connectivity index (χ3v) is 2.17. The van der Waals surface area contributed by atoms with Crippen LogP contribution in [-0.4, -0.2) is 44.9 Å². The fraction of sp³-hybridized carbons (Fsp3) is 0.909. The molecule has 0 radical (unpaired) electrons. The summed E-state index contributed by atoms with van der Waals surface area (Å²) in [5, 5.41) is 3.20. The molecule has 5 nitrogen and oxygen atoms in total. The second-order valence-corrected chi connectivity index (χ2v) is 4.86. The fourth-order valence-electron chi connectivity index (χ4n) is 1.29. The molecule has 0 bridgehead atoms. The molecule has 2 atom stereocenters. The monoisotopic (exact) mass is 232 g/mol. The van der Waals surface area contributed by atoms with Crippen LogP contribution in [0.4, 0.5) is 0 Å². The van der Waals surface area contributed by atoms with Gasteiger partial charge >= 0.3 is 0 Å². The molecule has 0 aromatic rings. The third kappa shape index (κ3) is 7.62. The summed E-state index contributed by atoms with van der Waals surface area (Å²) < 4.78 is 9.52. The van der Waals surface area contributed by atoms with Crippen LogP contribution in [-0.2, 0) is 14.3 Å². The van der Waals surface area contributed by atoms with Crippen molar-refractivity contribution in [3.05, 3.63) is 0 Å². The molecule has 0 aromatic carbocycles. The fourth-order valence-corrected chi connectivity index (χ4v) is 1.29. The number of methoxy groups -OCH3 is 1. The second kappa shape index (κ2) is 7.60. The van der Waals surface area contributed by atoms with Crippen molar-refractivity contribution in [2.24, 2.45) is 11.7 Å². The molecule has 0 amide bonds. The molecular formula is C11H24N2O3. The smallest absolute Gasteiger partial charge is 0.293 e. The van der Waals surface area contributed by atoms with Gasteiger partial charge in [-0.2, -0.15) is 0 Å². The number of rotatable bonds is 3. The zero-order chi connectivity index (χ0) is 12.6. The van der Waals surface area contributed by atoms with E-state index in [2.05, 4.69) is 10.1 Å². The third-order valence-electron chi connectivity index (χ3n) is 2.17. The van der Waals surface area contributed by atoms with Crippen molar-refractivity contribution in [1.29, 1.82) is 0 Å². The summed E-state index contributed by atoms with van der Waals surface area (Å²) >= 11 is 0. The van der Waals surface area contributed by atoms with Crippen molar-refractivity contribution < 1.29 is 14.3 Å². The van der Waals surface area contributed by atoms with Gasteiger partial charge in [-0.3, -0.25) is 4.79 Å². The van der Waals surface area contributed by atoms with Gasteiger partial charge in [-0.15, -0.1) is 0 Å². The molecule has 1 fully saturated rings. The minimum Gasteiger partial charge on any atom is -0.462 e. The minimum absolute atomic E-state index is 0.296. The molecule has 0 saturated carbocycles. The van der Waals surface area contributed by atoms with E-state index in [0.717, 1.165) is 19.7 Å². The van der Waals surface area contributed by atoms with Gasteiger partial charge in [0.05, 0.1) is 6.61 Å². The lowest BCUT2D eigenvalue weighted by atomic mass is 10.1. The minimum atomic E-state index is -0.318. The van der Waals surface area contributed by atoms with E-state index in [9.17, 15) is 4.79 Å². The first kappa shape index (κ1) is 15.3. The number of carbonyl (C=O) groups is 1. The normalized spacial score (nSPS) is 24.6. The first-order valence-electron chi connectivity index (χ1n) is 5.47. The van der Waals surface area contributed by atoms with Gasteiger partial charge in [0.25, 0.3) is 6.47 Å². The molecule has 1 saturated heterocycles. The number of nitrogens with one attached hydrogen (secondary N) is 1. The van der Waals surface area contributed by atoms with Crippen LogP contribution < -0.4 is 11.1 Å².